The van der Waals surface area contributed by atoms with E-state index in [1.165, 1.54) is 0 Å². The van der Waals surface area contributed by atoms with Crippen LogP contribution in [0.5, 0.6) is 5.75 Å². The van der Waals surface area contributed by atoms with Gasteiger partial charge in [0, 0.05) is 6.54 Å². The van der Waals surface area contributed by atoms with E-state index in [1.54, 1.807) is 14.0 Å². The number of rotatable bonds is 4. The topological polar surface area (TPSA) is 64.3 Å². The minimum absolute atomic E-state index is 0.144. The lowest BCUT2D eigenvalue weighted by Gasteiger charge is -2.09. The van der Waals surface area contributed by atoms with E-state index in [9.17, 15) is 4.79 Å². The number of carbonyl (C=O) groups excluding carboxylic acids is 1. The number of nitrogens with one attached hydrogen (secondary N) is 1. The lowest BCUT2D eigenvalue weighted by Crippen LogP contribution is -2.37. The summed E-state index contributed by atoms with van der Waals surface area (Å²) in [4.78, 5) is 11.4. The highest BCUT2D eigenvalue weighted by molar-refractivity contribution is 5.85. The molecule has 3 N–H and O–H groups in total. The molecule has 0 aliphatic rings. The number of hydrogen-bond donors (Lipinski definition) is 2. The van der Waals surface area contributed by atoms with Gasteiger partial charge in [-0.05, 0) is 41.5 Å². The summed E-state index contributed by atoms with van der Waals surface area (Å²) in [5.41, 5.74) is 6.54. The molecule has 0 bridgehead atoms. The predicted molar refractivity (Wildman–Crippen MR) is 76.0 cm³/mol. The molecule has 0 spiro atoms. The zero-order valence-corrected chi connectivity index (χ0v) is 11.1. The van der Waals surface area contributed by atoms with Crippen molar-refractivity contribution in [1.82, 2.24) is 5.32 Å². The van der Waals surface area contributed by atoms with Gasteiger partial charge in [-0.25, -0.2) is 0 Å². The van der Waals surface area contributed by atoms with Crippen LogP contribution in [0.15, 0.2) is 36.4 Å². The minimum atomic E-state index is -0.482. The van der Waals surface area contributed by atoms with Gasteiger partial charge in [-0.1, -0.05) is 18.2 Å². The molecule has 0 saturated heterocycles. The number of benzene rings is 2. The number of nitrogens with two attached hydrogens (primary N) is 1. The largest absolute Gasteiger partial charge is 0.497 e. The highest BCUT2D eigenvalue weighted by Gasteiger charge is 2.06. The van der Waals surface area contributed by atoms with Crippen LogP contribution < -0.4 is 15.8 Å². The van der Waals surface area contributed by atoms with Crippen LogP contribution in [-0.2, 0) is 11.3 Å². The molecule has 0 aromatic heterocycles. The molecule has 0 saturated carbocycles. The third-order valence-electron chi connectivity index (χ3n) is 2.99. The van der Waals surface area contributed by atoms with Gasteiger partial charge in [0.1, 0.15) is 5.75 Å². The van der Waals surface area contributed by atoms with Crippen molar-refractivity contribution in [2.24, 2.45) is 5.73 Å². The van der Waals surface area contributed by atoms with E-state index in [0.29, 0.717) is 6.54 Å². The van der Waals surface area contributed by atoms with Crippen molar-refractivity contribution in [2.45, 2.75) is 19.5 Å². The second-order valence-corrected chi connectivity index (χ2v) is 4.55. The van der Waals surface area contributed by atoms with Crippen molar-refractivity contribution < 1.29 is 9.53 Å². The van der Waals surface area contributed by atoms with Gasteiger partial charge in [0.25, 0.3) is 0 Å². The first-order valence-corrected chi connectivity index (χ1v) is 6.20. The normalized spacial score (nSPS) is 12.2. The Hall–Kier alpha value is -2.07. The molecule has 2 rings (SSSR count). The molecule has 4 heteroatoms. The zero-order valence-electron chi connectivity index (χ0n) is 11.1. The third-order valence-corrected chi connectivity index (χ3v) is 2.99. The summed E-state index contributed by atoms with van der Waals surface area (Å²) in [6.07, 6.45) is 0. The van der Waals surface area contributed by atoms with Crippen molar-refractivity contribution in [3.05, 3.63) is 42.0 Å². The molecule has 0 unspecified atom stereocenters. The maximum atomic E-state index is 11.4. The fraction of sp³-hybridized carbons (Fsp3) is 0.267. The van der Waals surface area contributed by atoms with E-state index < -0.39 is 6.04 Å². The molecular formula is C15H18N2O2. The maximum absolute atomic E-state index is 11.4. The Morgan fingerprint density at radius 2 is 1.95 bits per heavy atom. The molecule has 19 heavy (non-hydrogen) atoms. The van der Waals surface area contributed by atoms with Crippen LogP contribution in [0, 0.1) is 0 Å². The number of amides is 1. The first kappa shape index (κ1) is 13.4. The smallest absolute Gasteiger partial charge is 0.236 e. The quantitative estimate of drug-likeness (QED) is 0.879. The van der Waals surface area contributed by atoms with Gasteiger partial charge in [0.15, 0.2) is 0 Å². The second kappa shape index (κ2) is 5.71. The molecule has 0 radical (unpaired) electrons. The lowest BCUT2D eigenvalue weighted by atomic mass is 10.1. The zero-order chi connectivity index (χ0) is 13.8. The molecule has 100 valence electrons. The highest BCUT2D eigenvalue weighted by atomic mass is 16.5. The first-order valence-electron chi connectivity index (χ1n) is 6.20. The summed E-state index contributed by atoms with van der Waals surface area (Å²) in [5.74, 6) is 0.695. The van der Waals surface area contributed by atoms with Crippen LogP contribution in [0.3, 0.4) is 0 Å². The molecule has 2 aromatic rings. The van der Waals surface area contributed by atoms with Gasteiger partial charge in [-0.15, -0.1) is 0 Å². The average molecular weight is 258 g/mol. The predicted octanol–water partition coefficient (Wildman–Crippen LogP) is 1.81. The summed E-state index contributed by atoms with van der Waals surface area (Å²) in [5, 5.41) is 5.03. The SMILES string of the molecule is COc1ccc2cc(CNC(=O)[C@@H](C)N)ccc2c1. The second-order valence-electron chi connectivity index (χ2n) is 4.55. The molecule has 1 atom stereocenters. The Morgan fingerprint density at radius 3 is 2.63 bits per heavy atom. The van der Waals surface area contributed by atoms with Crippen LogP contribution >= 0.6 is 0 Å². The van der Waals surface area contributed by atoms with Crippen molar-refractivity contribution >= 4 is 16.7 Å². The molecule has 4 nitrogen and oxygen atoms in total. The van der Waals surface area contributed by atoms with Crippen LogP contribution in [0.2, 0.25) is 0 Å². The molecule has 2 aromatic carbocycles. The number of carbonyl (C=O) groups is 1. The number of ether oxygens (including phenoxy) is 1. The van der Waals surface area contributed by atoms with Crippen molar-refractivity contribution in [2.75, 3.05) is 7.11 Å². The molecule has 1 amide bonds. The molecule has 0 aliphatic carbocycles. The lowest BCUT2D eigenvalue weighted by molar-refractivity contribution is -0.122. The summed E-state index contributed by atoms with van der Waals surface area (Å²) >= 11 is 0. The Bertz CT molecular complexity index is 594. The Kier molecular flexibility index (Phi) is 4.02. The van der Waals surface area contributed by atoms with Crippen molar-refractivity contribution in [3.8, 4) is 5.75 Å². The van der Waals surface area contributed by atoms with Crippen molar-refractivity contribution in [1.29, 1.82) is 0 Å². The van der Waals surface area contributed by atoms with Crippen LogP contribution in [0.1, 0.15) is 12.5 Å². The van der Waals surface area contributed by atoms with Gasteiger partial charge in [-0.2, -0.15) is 0 Å². The number of methoxy groups -OCH3 is 1. The maximum Gasteiger partial charge on any atom is 0.236 e. The third kappa shape index (κ3) is 3.23. The van der Waals surface area contributed by atoms with Gasteiger partial charge in [0.2, 0.25) is 5.91 Å². The summed E-state index contributed by atoms with van der Waals surface area (Å²) in [7, 11) is 1.65. The van der Waals surface area contributed by atoms with E-state index >= 15 is 0 Å². The van der Waals surface area contributed by atoms with Crippen LogP contribution in [0.4, 0.5) is 0 Å². The van der Waals surface area contributed by atoms with Crippen molar-refractivity contribution in [3.63, 3.8) is 0 Å². The summed E-state index contributed by atoms with van der Waals surface area (Å²) < 4.78 is 5.19. The Morgan fingerprint density at radius 1 is 1.26 bits per heavy atom. The first-order chi connectivity index (χ1) is 9.10. The Balaban J connectivity index is 2.15. The molecular weight excluding hydrogens is 240 g/mol. The van der Waals surface area contributed by atoms with Gasteiger partial charge < -0.3 is 15.8 Å². The monoisotopic (exact) mass is 258 g/mol. The summed E-state index contributed by atoms with van der Waals surface area (Å²) in [6, 6.07) is 11.5. The standard InChI is InChI=1S/C15H18N2O2/c1-10(16)15(18)17-9-11-3-4-13-8-14(19-2)6-5-12(13)7-11/h3-8,10H,9,16H2,1-2H3,(H,17,18)/t10-/m1/s1. The van der Waals surface area contributed by atoms with E-state index in [4.69, 9.17) is 10.5 Å². The number of hydrogen-bond acceptors (Lipinski definition) is 3. The van der Waals surface area contributed by atoms with Gasteiger partial charge >= 0.3 is 0 Å². The van der Waals surface area contributed by atoms with Crippen LogP contribution in [0.25, 0.3) is 10.8 Å². The molecule has 0 heterocycles. The van der Waals surface area contributed by atoms with E-state index in [2.05, 4.69) is 11.4 Å². The fourth-order valence-corrected chi connectivity index (χ4v) is 1.86. The van der Waals surface area contributed by atoms with E-state index in [-0.39, 0.29) is 5.91 Å². The summed E-state index contributed by atoms with van der Waals surface area (Å²) in [6.45, 7) is 2.16. The molecule has 0 aliphatic heterocycles. The highest BCUT2D eigenvalue weighted by Crippen LogP contribution is 2.21. The van der Waals surface area contributed by atoms with Crippen LogP contribution in [-0.4, -0.2) is 19.1 Å². The van der Waals surface area contributed by atoms with E-state index in [0.717, 1.165) is 22.1 Å². The molecule has 0 fully saturated rings. The number of fused-ring (bicyclic) bond motifs is 1. The van der Waals surface area contributed by atoms with Gasteiger partial charge in [0.05, 0.1) is 13.2 Å². The average Bonchev–Trinajstić information content (AvgIpc) is 2.43. The minimum Gasteiger partial charge on any atom is -0.497 e. The van der Waals surface area contributed by atoms with Gasteiger partial charge in [-0.3, -0.25) is 4.79 Å². The Labute approximate surface area is 112 Å². The fourth-order valence-electron chi connectivity index (χ4n) is 1.86. The van der Waals surface area contributed by atoms with E-state index in [1.807, 2.05) is 30.3 Å².